The molecule has 6 rings (SSSR count). The molecular formula is C25H16N6S. The van der Waals surface area contributed by atoms with Crippen molar-refractivity contribution >= 4 is 21.7 Å². The van der Waals surface area contributed by atoms with Crippen LogP contribution in [0.2, 0.25) is 0 Å². The van der Waals surface area contributed by atoms with E-state index < -0.39 is 0 Å². The number of H-pyrrole nitrogens is 1. The van der Waals surface area contributed by atoms with E-state index in [9.17, 15) is 0 Å². The molecule has 4 aromatic heterocycles. The SMILES string of the molecule is c1ccc(-c2cnc(-c3cc(-c4ccc(-c5nc6ncccc6s5)cc4)n[nH]3)nc2)cc1. The summed E-state index contributed by atoms with van der Waals surface area (Å²) >= 11 is 1.64. The minimum atomic E-state index is 0.613. The first-order valence-corrected chi connectivity index (χ1v) is 10.9. The van der Waals surface area contributed by atoms with Crippen molar-refractivity contribution in [3.05, 3.63) is 91.4 Å². The number of benzene rings is 2. The third-order valence-corrected chi connectivity index (χ3v) is 6.23. The van der Waals surface area contributed by atoms with E-state index >= 15 is 0 Å². The van der Waals surface area contributed by atoms with Gasteiger partial charge < -0.3 is 0 Å². The van der Waals surface area contributed by atoms with Gasteiger partial charge in [0.05, 0.1) is 10.4 Å². The summed E-state index contributed by atoms with van der Waals surface area (Å²) in [5, 5.41) is 8.46. The largest absolute Gasteiger partial charge is 0.274 e. The van der Waals surface area contributed by atoms with E-state index in [1.807, 2.05) is 73.1 Å². The van der Waals surface area contributed by atoms with E-state index in [1.54, 1.807) is 17.5 Å². The van der Waals surface area contributed by atoms with Gasteiger partial charge in [0.15, 0.2) is 11.5 Å². The van der Waals surface area contributed by atoms with Crippen molar-refractivity contribution in [3.63, 3.8) is 0 Å². The fourth-order valence-corrected chi connectivity index (χ4v) is 4.44. The second-order valence-corrected chi connectivity index (χ2v) is 8.28. The monoisotopic (exact) mass is 432 g/mol. The molecule has 6 nitrogen and oxygen atoms in total. The zero-order valence-corrected chi connectivity index (χ0v) is 17.6. The van der Waals surface area contributed by atoms with Crippen LogP contribution in [-0.4, -0.2) is 30.1 Å². The number of pyridine rings is 1. The predicted molar refractivity (Wildman–Crippen MR) is 127 cm³/mol. The fourth-order valence-electron chi connectivity index (χ4n) is 3.51. The molecule has 1 N–H and O–H groups in total. The van der Waals surface area contributed by atoms with E-state index in [0.717, 1.165) is 49.0 Å². The van der Waals surface area contributed by atoms with Gasteiger partial charge in [-0.1, -0.05) is 54.6 Å². The Morgan fingerprint density at radius 1 is 0.688 bits per heavy atom. The second kappa shape index (κ2) is 7.79. The highest BCUT2D eigenvalue weighted by Gasteiger charge is 2.11. The van der Waals surface area contributed by atoms with Crippen molar-refractivity contribution < 1.29 is 0 Å². The van der Waals surface area contributed by atoms with Crippen LogP contribution in [0.15, 0.2) is 91.4 Å². The van der Waals surface area contributed by atoms with Crippen LogP contribution in [0.1, 0.15) is 0 Å². The fraction of sp³-hybridized carbons (Fsp3) is 0. The molecule has 0 unspecified atom stereocenters. The first-order chi connectivity index (χ1) is 15.8. The second-order valence-electron chi connectivity index (χ2n) is 7.25. The van der Waals surface area contributed by atoms with Crippen molar-refractivity contribution in [1.82, 2.24) is 30.1 Å². The van der Waals surface area contributed by atoms with Crippen molar-refractivity contribution in [2.45, 2.75) is 0 Å². The predicted octanol–water partition coefficient (Wildman–Crippen LogP) is 5.87. The minimum absolute atomic E-state index is 0.613. The number of aromatic nitrogens is 6. The van der Waals surface area contributed by atoms with Gasteiger partial charge >= 0.3 is 0 Å². The summed E-state index contributed by atoms with van der Waals surface area (Å²) in [5.41, 5.74) is 6.55. The Labute approximate surface area is 187 Å². The summed E-state index contributed by atoms with van der Waals surface area (Å²) < 4.78 is 1.09. The summed E-state index contributed by atoms with van der Waals surface area (Å²) in [4.78, 5) is 18.0. The summed E-state index contributed by atoms with van der Waals surface area (Å²) in [6.45, 7) is 0. The van der Waals surface area contributed by atoms with Crippen molar-refractivity contribution in [2.24, 2.45) is 0 Å². The molecular weight excluding hydrogens is 416 g/mol. The van der Waals surface area contributed by atoms with Gasteiger partial charge in [0.2, 0.25) is 0 Å². The van der Waals surface area contributed by atoms with Crippen LogP contribution in [-0.2, 0) is 0 Å². The van der Waals surface area contributed by atoms with E-state index in [1.165, 1.54) is 0 Å². The topological polar surface area (TPSA) is 80.2 Å². The summed E-state index contributed by atoms with van der Waals surface area (Å²) in [7, 11) is 0. The van der Waals surface area contributed by atoms with Gasteiger partial charge in [0.1, 0.15) is 10.7 Å². The quantitative estimate of drug-likeness (QED) is 0.377. The zero-order chi connectivity index (χ0) is 21.3. The van der Waals surface area contributed by atoms with Gasteiger partial charge in [0, 0.05) is 35.3 Å². The zero-order valence-electron chi connectivity index (χ0n) is 16.8. The van der Waals surface area contributed by atoms with Crippen LogP contribution in [0.5, 0.6) is 0 Å². The van der Waals surface area contributed by atoms with E-state index in [0.29, 0.717) is 5.82 Å². The Bertz CT molecular complexity index is 1470. The Morgan fingerprint density at radius 2 is 1.47 bits per heavy atom. The molecule has 0 bridgehead atoms. The molecule has 152 valence electrons. The number of nitrogens with zero attached hydrogens (tertiary/aromatic N) is 5. The highest BCUT2D eigenvalue weighted by Crippen LogP contribution is 2.31. The molecule has 0 saturated heterocycles. The Morgan fingerprint density at radius 3 is 2.25 bits per heavy atom. The number of nitrogens with one attached hydrogen (secondary N) is 1. The average Bonchev–Trinajstić information content (AvgIpc) is 3.53. The molecule has 0 spiro atoms. The van der Waals surface area contributed by atoms with Crippen LogP contribution in [0.3, 0.4) is 0 Å². The normalized spacial score (nSPS) is 11.1. The maximum absolute atomic E-state index is 4.63. The first-order valence-electron chi connectivity index (χ1n) is 10.1. The van der Waals surface area contributed by atoms with Crippen LogP contribution >= 0.6 is 11.3 Å². The average molecular weight is 433 g/mol. The Hall–Kier alpha value is -4.23. The standard InChI is InChI=1S/C25H16N6S/c1-2-5-16(6-3-1)19-14-27-23(28-15-19)21-13-20(30-31-21)17-8-10-18(11-9-17)25-29-24-22(32-25)7-4-12-26-24/h1-15H,(H,30,31). The van der Waals surface area contributed by atoms with Gasteiger partial charge in [-0.25, -0.2) is 19.9 Å². The van der Waals surface area contributed by atoms with Crippen LogP contribution in [0.25, 0.3) is 54.8 Å². The van der Waals surface area contributed by atoms with E-state index in [-0.39, 0.29) is 0 Å². The van der Waals surface area contributed by atoms with Crippen molar-refractivity contribution in [1.29, 1.82) is 0 Å². The lowest BCUT2D eigenvalue weighted by atomic mass is 10.1. The van der Waals surface area contributed by atoms with Gasteiger partial charge in [0.25, 0.3) is 0 Å². The van der Waals surface area contributed by atoms with E-state index in [4.69, 9.17) is 0 Å². The number of hydrogen-bond acceptors (Lipinski definition) is 6. The van der Waals surface area contributed by atoms with Gasteiger partial charge in [-0.15, -0.1) is 11.3 Å². The molecule has 0 saturated carbocycles. The first kappa shape index (κ1) is 18.5. The summed E-state index contributed by atoms with van der Waals surface area (Å²) in [6, 6.07) is 24.2. The molecule has 0 fully saturated rings. The third-order valence-electron chi connectivity index (χ3n) is 5.17. The minimum Gasteiger partial charge on any atom is -0.274 e. The molecule has 4 heterocycles. The molecule has 7 heteroatoms. The molecule has 6 aromatic rings. The lowest BCUT2D eigenvalue weighted by molar-refractivity contribution is 1.07. The summed E-state index contributed by atoms with van der Waals surface area (Å²) in [6.07, 6.45) is 5.43. The molecule has 0 atom stereocenters. The van der Waals surface area contributed by atoms with Gasteiger partial charge in [-0.3, -0.25) is 5.10 Å². The maximum atomic E-state index is 4.63. The number of rotatable bonds is 4. The molecule has 0 radical (unpaired) electrons. The van der Waals surface area contributed by atoms with Gasteiger partial charge in [-0.05, 0) is 23.8 Å². The highest BCUT2D eigenvalue weighted by molar-refractivity contribution is 7.21. The van der Waals surface area contributed by atoms with Crippen LogP contribution in [0, 0.1) is 0 Å². The number of fused-ring (bicyclic) bond motifs is 1. The third kappa shape index (κ3) is 3.44. The molecule has 0 aliphatic carbocycles. The number of aromatic amines is 1. The summed E-state index contributed by atoms with van der Waals surface area (Å²) in [5.74, 6) is 0.613. The molecule has 0 amide bonds. The molecule has 32 heavy (non-hydrogen) atoms. The van der Waals surface area contributed by atoms with Crippen molar-refractivity contribution in [2.75, 3.05) is 0 Å². The van der Waals surface area contributed by atoms with Crippen molar-refractivity contribution in [3.8, 4) is 44.5 Å². The molecule has 2 aromatic carbocycles. The number of hydrogen-bond donors (Lipinski definition) is 1. The molecule has 0 aliphatic heterocycles. The van der Waals surface area contributed by atoms with Crippen LogP contribution in [0.4, 0.5) is 0 Å². The van der Waals surface area contributed by atoms with Gasteiger partial charge in [-0.2, -0.15) is 5.10 Å². The Kier molecular flexibility index (Phi) is 4.51. The lowest BCUT2D eigenvalue weighted by Crippen LogP contribution is -1.89. The Balaban J connectivity index is 1.24. The van der Waals surface area contributed by atoms with Crippen LogP contribution < -0.4 is 0 Å². The van der Waals surface area contributed by atoms with E-state index in [2.05, 4.69) is 42.3 Å². The smallest absolute Gasteiger partial charge is 0.177 e. The maximum Gasteiger partial charge on any atom is 0.177 e. The number of thiazole rings is 1. The molecule has 0 aliphatic rings. The highest BCUT2D eigenvalue weighted by atomic mass is 32.1. The lowest BCUT2D eigenvalue weighted by Gasteiger charge is -2.01.